The number of sulfonamides is 1. The molecular formula is C16H17N3O4S. The Bertz CT molecular complexity index is 950. The first-order valence-corrected chi connectivity index (χ1v) is 9.35. The van der Waals surface area contributed by atoms with Gasteiger partial charge in [0, 0.05) is 24.4 Å². The van der Waals surface area contributed by atoms with E-state index in [1.54, 1.807) is 18.2 Å². The molecule has 0 N–H and O–H groups in total. The summed E-state index contributed by atoms with van der Waals surface area (Å²) in [6.45, 7) is 0.353. The molecule has 0 unspecified atom stereocenters. The minimum atomic E-state index is -3.33. The van der Waals surface area contributed by atoms with Gasteiger partial charge in [-0.15, -0.1) is 0 Å². The Morgan fingerprint density at radius 2 is 2.08 bits per heavy atom. The second-order valence-electron chi connectivity index (χ2n) is 5.75. The fourth-order valence-electron chi connectivity index (χ4n) is 2.82. The number of carbonyl (C=O) groups is 1. The zero-order valence-electron chi connectivity index (χ0n) is 13.2. The fourth-order valence-corrected chi connectivity index (χ4v) is 3.82. The second kappa shape index (κ2) is 6.20. The van der Waals surface area contributed by atoms with Crippen molar-refractivity contribution in [2.75, 3.05) is 17.1 Å². The van der Waals surface area contributed by atoms with Crippen molar-refractivity contribution in [3.05, 3.63) is 58.3 Å². The van der Waals surface area contributed by atoms with Crippen molar-refractivity contribution >= 4 is 21.5 Å². The molecular weight excluding hydrogens is 330 g/mol. The van der Waals surface area contributed by atoms with Gasteiger partial charge in [-0.2, -0.15) is 0 Å². The van der Waals surface area contributed by atoms with Gasteiger partial charge in [0.15, 0.2) is 5.78 Å². The van der Waals surface area contributed by atoms with E-state index >= 15 is 0 Å². The first-order valence-electron chi connectivity index (χ1n) is 7.50. The quantitative estimate of drug-likeness (QED) is 0.765. The van der Waals surface area contributed by atoms with Crippen LogP contribution in [0.1, 0.15) is 22.3 Å². The summed E-state index contributed by atoms with van der Waals surface area (Å²) in [4.78, 5) is 27.9. The average molecular weight is 347 g/mol. The summed E-state index contributed by atoms with van der Waals surface area (Å²) < 4.78 is 26.3. The number of aryl methyl sites for hydroxylation is 1. The molecule has 0 bridgehead atoms. The molecule has 1 aliphatic heterocycles. The van der Waals surface area contributed by atoms with Crippen LogP contribution < -0.4 is 9.86 Å². The lowest BCUT2D eigenvalue weighted by Gasteiger charge is -2.29. The Morgan fingerprint density at radius 3 is 2.79 bits per heavy atom. The molecule has 7 nitrogen and oxygen atoms in total. The highest BCUT2D eigenvalue weighted by atomic mass is 32.2. The van der Waals surface area contributed by atoms with Gasteiger partial charge in [-0.1, -0.05) is 0 Å². The van der Waals surface area contributed by atoms with E-state index < -0.39 is 10.0 Å². The molecule has 0 spiro atoms. The number of nitrogens with zero attached hydrogens (tertiary/aromatic N) is 3. The molecule has 0 radical (unpaired) electrons. The largest absolute Gasteiger partial charge is 0.292 e. The van der Waals surface area contributed by atoms with E-state index in [2.05, 4.69) is 4.98 Å². The lowest BCUT2D eigenvalue weighted by atomic mass is 9.99. The van der Waals surface area contributed by atoms with Crippen molar-refractivity contribution in [2.45, 2.75) is 19.4 Å². The number of hydrogen-bond donors (Lipinski definition) is 0. The average Bonchev–Trinajstić information content (AvgIpc) is 2.55. The molecule has 2 aromatic rings. The highest BCUT2D eigenvalue weighted by Gasteiger charge is 2.24. The van der Waals surface area contributed by atoms with E-state index in [0.29, 0.717) is 24.2 Å². The van der Waals surface area contributed by atoms with Crippen LogP contribution in [-0.4, -0.2) is 36.6 Å². The Labute approximate surface area is 139 Å². The number of rotatable bonds is 4. The van der Waals surface area contributed by atoms with Gasteiger partial charge >= 0.3 is 0 Å². The SMILES string of the molecule is CS(=O)(=O)N1CCCc2cc(C(=O)Cn3cnccc3=O)ccc21. The fraction of sp³-hybridized carbons (Fsp3) is 0.312. The standard InChI is InChI=1S/C16H17N3O4S/c1-24(22,23)19-8-2-3-12-9-13(4-5-14(12)19)15(20)10-18-11-17-7-6-16(18)21/h4-7,9,11H,2-3,8,10H2,1H3. The minimum Gasteiger partial charge on any atom is -0.292 e. The number of fused-ring (bicyclic) bond motifs is 1. The molecule has 0 saturated heterocycles. The third-order valence-electron chi connectivity index (χ3n) is 3.98. The molecule has 3 rings (SSSR count). The lowest BCUT2D eigenvalue weighted by Crippen LogP contribution is -2.34. The molecule has 8 heteroatoms. The molecule has 0 fully saturated rings. The van der Waals surface area contributed by atoms with Gasteiger partial charge in [0.25, 0.3) is 5.56 Å². The number of benzene rings is 1. The van der Waals surface area contributed by atoms with Gasteiger partial charge < -0.3 is 0 Å². The number of ketones is 1. The highest BCUT2D eigenvalue weighted by molar-refractivity contribution is 7.92. The van der Waals surface area contributed by atoms with Gasteiger partial charge in [-0.05, 0) is 36.6 Å². The Hall–Kier alpha value is -2.48. The zero-order valence-corrected chi connectivity index (χ0v) is 14.0. The van der Waals surface area contributed by atoms with Crippen LogP contribution >= 0.6 is 0 Å². The molecule has 0 amide bonds. The molecule has 0 saturated carbocycles. The van der Waals surface area contributed by atoms with E-state index in [-0.39, 0.29) is 17.9 Å². The van der Waals surface area contributed by atoms with Crippen molar-refractivity contribution in [2.24, 2.45) is 0 Å². The smallest absolute Gasteiger partial charge is 0.253 e. The maximum atomic E-state index is 12.4. The number of aromatic nitrogens is 2. The van der Waals surface area contributed by atoms with Crippen molar-refractivity contribution in [3.63, 3.8) is 0 Å². The summed E-state index contributed by atoms with van der Waals surface area (Å²) in [6, 6.07) is 6.28. The van der Waals surface area contributed by atoms with Crippen molar-refractivity contribution in [3.8, 4) is 0 Å². The second-order valence-corrected chi connectivity index (χ2v) is 7.66. The van der Waals surface area contributed by atoms with Crippen LogP contribution in [0.2, 0.25) is 0 Å². The molecule has 1 aromatic heterocycles. The topological polar surface area (TPSA) is 89.3 Å². The van der Waals surface area contributed by atoms with Crippen LogP contribution in [0.25, 0.3) is 0 Å². The normalized spacial score (nSPS) is 14.3. The first-order chi connectivity index (χ1) is 11.4. The van der Waals surface area contributed by atoms with Gasteiger partial charge in [0.2, 0.25) is 10.0 Å². The molecule has 0 atom stereocenters. The molecule has 24 heavy (non-hydrogen) atoms. The maximum Gasteiger partial charge on any atom is 0.253 e. The third-order valence-corrected chi connectivity index (χ3v) is 5.16. The van der Waals surface area contributed by atoms with Crippen molar-refractivity contribution in [1.82, 2.24) is 9.55 Å². The predicted octanol–water partition coefficient (Wildman–Crippen LogP) is 0.838. The summed E-state index contributed by atoms with van der Waals surface area (Å²) >= 11 is 0. The minimum absolute atomic E-state index is 0.0960. The molecule has 1 aromatic carbocycles. The molecule has 0 aliphatic carbocycles. The molecule has 2 heterocycles. The number of anilines is 1. The van der Waals surface area contributed by atoms with E-state index in [4.69, 9.17) is 0 Å². The molecule has 1 aliphatic rings. The van der Waals surface area contributed by atoms with Crippen LogP contribution in [0, 0.1) is 0 Å². The van der Waals surface area contributed by atoms with E-state index in [1.807, 2.05) is 0 Å². The Balaban J connectivity index is 1.90. The van der Waals surface area contributed by atoms with Crippen LogP contribution in [0.5, 0.6) is 0 Å². The lowest BCUT2D eigenvalue weighted by molar-refractivity contribution is 0.0970. The van der Waals surface area contributed by atoms with Crippen LogP contribution in [0.3, 0.4) is 0 Å². The van der Waals surface area contributed by atoms with E-state index in [0.717, 1.165) is 12.0 Å². The summed E-state index contributed by atoms with van der Waals surface area (Å²) in [7, 11) is -3.33. The predicted molar refractivity (Wildman–Crippen MR) is 89.8 cm³/mol. The van der Waals surface area contributed by atoms with Crippen molar-refractivity contribution < 1.29 is 13.2 Å². The summed E-state index contributed by atoms with van der Waals surface area (Å²) in [5.41, 5.74) is 1.62. The number of hydrogen-bond acceptors (Lipinski definition) is 5. The summed E-state index contributed by atoms with van der Waals surface area (Å²) in [5, 5.41) is 0. The van der Waals surface area contributed by atoms with Crippen LogP contribution in [0.15, 0.2) is 41.6 Å². The Morgan fingerprint density at radius 1 is 1.29 bits per heavy atom. The third kappa shape index (κ3) is 3.23. The maximum absolute atomic E-state index is 12.4. The summed E-state index contributed by atoms with van der Waals surface area (Å²) in [6.07, 6.45) is 5.30. The van der Waals surface area contributed by atoms with Gasteiger partial charge in [-0.25, -0.2) is 13.4 Å². The van der Waals surface area contributed by atoms with Crippen LogP contribution in [-0.2, 0) is 23.0 Å². The first kappa shape index (κ1) is 16.4. The van der Waals surface area contributed by atoms with E-state index in [9.17, 15) is 18.0 Å². The van der Waals surface area contributed by atoms with Gasteiger partial charge in [0.05, 0.1) is 24.8 Å². The summed E-state index contributed by atoms with van der Waals surface area (Å²) in [5.74, 6) is -0.218. The Kier molecular flexibility index (Phi) is 4.23. The zero-order chi connectivity index (χ0) is 17.3. The molecule has 126 valence electrons. The van der Waals surface area contributed by atoms with Crippen molar-refractivity contribution in [1.29, 1.82) is 0 Å². The van der Waals surface area contributed by atoms with Crippen LogP contribution in [0.4, 0.5) is 5.69 Å². The highest BCUT2D eigenvalue weighted by Crippen LogP contribution is 2.30. The van der Waals surface area contributed by atoms with Gasteiger partial charge in [-0.3, -0.25) is 18.5 Å². The van der Waals surface area contributed by atoms with E-state index in [1.165, 1.54) is 33.7 Å². The monoisotopic (exact) mass is 347 g/mol. The number of carbonyl (C=O) groups excluding carboxylic acids is 1. The van der Waals surface area contributed by atoms with Gasteiger partial charge in [0.1, 0.15) is 0 Å². The number of Topliss-reactive ketones (excluding diaryl/α,β-unsaturated/α-hetero) is 1.